The predicted molar refractivity (Wildman–Crippen MR) is 98.2 cm³/mol. The third kappa shape index (κ3) is 3.58. The molecule has 1 saturated heterocycles. The van der Waals surface area contributed by atoms with Gasteiger partial charge in [0.25, 0.3) is 5.91 Å². The summed E-state index contributed by atoms with van der Waals surface area (Å²) >= 11 is 5.91. The van der Waals surface area contributed by atoms with E-state index in [-0.39, 0.29) is 23.7 Å². The van der Waals surface area contributed by atoms with E-state index >= 15 is 0 Å². The van der Waals surface area contributed by atoms with Gasteiger partial charge in [-0.05, 0) is 49.6 Å². The van der Waals surface area contributed by atoms with E-state index in [2.05, 4.69) is 12.0 Å². The average Bonchev–Trinajstić information content (AvgIpc) is 3.12. The number of carbonyl (C=O) groups excluding carboxylic acids is 1. The van der Waals surface area contributed by atoms with Crippen LogP contribution in [-0.4, -0.2) is 40.2 Å². The van der Waals surface area contributed by atoms with Gasteiger partial charge < -0.3 is 10.6 Å². The van der Waals surface area contributed by atoms with Gasteiger partial charge in [0.05, 0.1) is 16.9 Å². The molecule has 1 amide bonds. The van der Waals surface area contributed by atoms with Crippen LogP contribution in [0.5, 0.6) is 0 Å². The Kier molecular flexibility index (Phi) is 5.58. The van der Waals surface area contributed by atoms with Crippen molar-refractivity contribution in [3.63, 3.8) is 0 Å². The Bertz CT molecular complexity index is 729. The quantitative estimate of drug-likeness (QED) is 0.905. The molecular formula is C17H22Cl2N4O. The van der Waals surface area contributed by atoms with Crippen LogP contribution >= 0.6 is 24.0 Å². The zero-order chi connectivity index (χ0) is 16.6. The third-order valence-corrected chi connectivity index (χ3v) is 4.81. The largest absolute Gasteiger partial charge is 0.338 e. The Balaban J connectivity index is 0.00000208. The van der Waals surface area contributed by atoms with Crippen LogP contribution in [0.4, 0.5) is 0 Å². The Hall–Kier alpha value is -1.56. The topological polar surface area (TPSA) is 64.2 Å². The van der Waals surface area contributed by atoms with Crippen molar-refractivity contribution in [2.45, 2.75) is 20.3 Å². The second kappa shape index (κ2) is 7.13. The molecule has 3 rings (SSSR count). The maximum absolute atomic E-state index is 12.8. The number of rotatable bonds is 3. The van der Waals surface area contributed by atoms with Gasteiger partial charge in [0.1, 0.15) is 0 Å². The maximum Gasteiger partial charge on any atom is 0.257 e. The number of hydrogen-bond acceptors (Lipinski definition) is 3. The molecule has 7 heteroatoms. The zero-order valence-corrected chi connectivity index (χ0v) is 15.4. The van der Waals surface area contributed by atoms with E-state index in [1.807, 2.05) is 36.1 Å². The number of aryl methyl sites for hydroxylation is 1. The van der Waals surface area contributed by atoms with Gasteiger partial charge in [0.15, 0.2) is 0 Å². The molecule has 1 unspecified atom stereocenters. The Morgan fingerprint density at radius 1 is 1.38 bits per heavy atom. The summed E-state index contributed by atoms with van der Waals surface area (Å²) in [6.45, 7) is 6.04. The number of amides is 1. The SMILES string of the molecule is Cc1nn(-c2ccc(Cl)cc2)cc1C(=O)N1CCC(C)(CN)C1.Cl. The highest BCUT2D eigenvalue weighted by Crippen LogP contribution is 2.30. The molecule has 0 bridgehead atoms. The number of hydrogen-bond donors (Lipinski definition) is 1. The van der Waals surface area contributed by atoms with Gasteiger partial charge >= 0.3 is 0 Å². The van der Waals surface area contributed by atoms with Gasteiger partial charge in [0.2, 0.25) is 0 Å². The summed E-state index contributed by atoms with van der Waals surface area (Å²) in [5.74, 6) is 0.0277. The fraction of sp³-hybridized carbons (Fsp3) is 0.412. The summed E-state index contributed by atoms with van der Waals surface area (Å²) in [7, 11) is 0. The summed E-state index contributed by atoms with van der Waals surface area (Å²) < 4.78 is 1.72. The van der Waals surface area contributed by atoms with Crippen LogP contribution in [0.25, 0.3) is 5.69 Å². The molecule has 2 heterocycles. The molecular weight excluding hydrogens is 347 g/mol. The lowest BCUT2D eigenvalue weighted by atomic mass is 9.90. The van der Waals surface area contributed by atoms with Crippen LogP contribution in [0, 0.1) is 12.3 Å². The van der Waals surface area contributed by atoms with E-state index in [0.717, 1.165) is 24.3 Å². The molecule has 2 N–H and O–H groups in total. The minimum atomic E-state index is 0. The first kappa shape index (κ1) is 18.8. The van der Waals surface area contributed by atoms with Gasteiger partial charge in [-0.3, -0.25) is 4.79 Å². The highest BCUT2D eigenvalue weighted by molar-refractivity contribution is 6.30. The summed E-state index contributed by atoms with van der Waals surface area (Å²) in [5, 5.41) is 5.13. The van der Waals surface area contributed by atoms with Crippen molar-refractivity contribution in [1.82, 2.24) is 14.7 Å². The predicted octanol–water partition coefficient (Wildman–Crippen LogP) is 3.07. The van der Waals surface area contributed by atoms with Crippen LogP contribution in [0.2, 0.25) is 5.02 Å². The first-order valence-electron chi connectivity index (χ1n) is 7.73. The van der Waals surface area contributed by atoms with Gasteiger partial charge in [-0.25, -0.2) is 4.68 Å². The number of aromatic nitrogens is 2. The number of likely N-dealkylation sites (tertiary alicyclic amines) is 1. The smallest absolute Gasteiger partial charge is 0.257 e. The fourth-order valence-corrected chi connectivity index (χ4v) is 3.06. The van der Waals surface area contributed by atoms with Crippen molar-refractivity contribution in [2.75, 3.05) is 19.6 Å². The maximum atomic E-state index is 12.8. The monoisotopic (exact) mass is 368 g/mol. The standard InChI is InChI=1S/C17H21ClN4O.ClH/c1-12-15(16(23)21-8-7-17(2,10-19)11-21)9-22(20-12)14-5-3-13(18)4-6-14;/h3-6,9H,7-8,10-11,19H2,1-2H3;1H. The Morgan fingerprint density at radius 2 is 2.04 bits per heavy atom. The highest BCUT2D eigenvalue weighted by atomic mass is 35.5. The van der Waals surface area contributed by atoms with Crippen molar-refractivity contribution >= 4 is 29.9 Å². The van der Waals surface area contributed by atoms with E-state index in [0.29, 0.717) is 23.7 Å². The normalized spacial score (nSPS) is 20.1. The van der Waals surface area contributed by atoms with E-state index in [1.54, 1.807) is 10.9 Å². The molecule has 24 heavy (non-hydrogen) atoms. The number of carbonyl (C=O) groups is 1. The van der Waals surface area contributed by atoms with Crippen molar-refractivity contribution in [3.8, 4) is 5.69 Å². The zero-order valence-electron chi connectivity index (χ0n) is 13.8. The van der Waals surface area contributed by atoms with Crippen molar-refractivity contribution < 1.29 is 4.79 Å². The van der Waals surface area contributed by atoms with Gasteiger partial charge in [-0.1, -0.05) is 18.5 Å². The van der Waals surface area contributed by atoms with E-state index in [4.69, 9.17) is 17.3 Å². The Labute approximate surface area is 153 Å². The molecule has 0 radical (unpaired) electrons. The number of nitrogens with two attached hydrogens (primary N) is 1. The number of benzene rings is 1. The molecule has 0 aliphatic carbocycles. The average molecular weight is 369 g/mol. The first-order chi connectivity index (χ1) is 10.9. The van der Waals surface area contributed by atoms with Crippen LogP contribution in [-0.2, 0) is 0 Å². The van der Waals surface area contributed by atoms with Gasteiger partial charge in [-0.15, -0.1) is 12.4 Å². The molecule has 5 nitrogen and oxygen atoms in total. The first-order valence-corrected chi connectivity index (χ1v) is 8.11. The van der Waals surface area contributed by atoms with Crippen molar-refractivity contribution in [2.24, 2.45) is 11.1 Å². The molecule has 1 aliphatic heterocycles. The lowest BCUT2D eigenvalue weighted by molar-refractivity contribution is 0.0776. The molecule has 0 saturated carbocycles. The molecule has 1 aliphatic rings. The fourth-order valence-electron chi connectivity index (χ4n) is 2.93. The van der Waals surface area contributed by atoms with Gasteiger partial charge in [0, 0.05) is 24.3 Å². The summed E-state index contributed by atoms with van der Waals surface area (Å²) in [4.78, 5) is 14.7. The number of halogens is 2. The van der Waals surface area contributed by atoms with Crippen LogP contribution < -0.4 is 5.73 Å². The van der Waals surface area contributed by atoms with E-state index in [1.165, 1.54) is 0 Å². The van der Waals surface area contributed by atoms with Crippen LogP contribution in [0.15, 0.2) is 30.5 Å². The van der Waals surface area contributed by atoms with E-state index in [9.17, 15) is 4.79 Å². The second-order valence-electron chi connectivity index (χ2n) is 6.54. The molecule has 1 fully saturated rings. The van der Waals surface area contributed by atoms with E-state index < -0.39 is 0 Å². The molecule has 2 aromatic rings. The Morgan fingerprint density at radius 3 is 2.62 bits per heavy atom. The van der Waals surface area contributed by atoms with Crippen LogP contribution in [0.3, 0.4) is 0 Å². The minimum absolute atomic E-state index is 0. The summed E-state index contributed by atoms with van der Waals surface area (Å²) in [5.41, 5.74) is 8.10. The second-order valence-corrected chi connectivity index (χ2v) is 6.98. The highest BCUT2D eigenvalue weighted by Gasteiger charge is 2.36. The molecule has 1 aromatic heterocycles. The number of nitrogens with zero attached hydrogens (tertiary/aromatic N) is 3. The van der Waals surface area contributed by atoms with Crippen molar-refractivity contribution in [1.29, 1.82) is 0 Å². The van der Waals surface area contributed by atoms with Gasteiger partial charge in [-0.2, -0.15) is 5.10 Å². The lowest BCUT2D eigenvalue weighted by Gasteiger charge is -2.22. The van der Waals surface area contributed by atoms with Crippen LogP contribution in [0.1, 0.15) is 29.4 Å². The third-order valence-electron chi connectivity index (χ3n) is 4.56. The summed E-state index contributed by atoms with van der Waals surface area (Å²) in [6.07, 6.45) is 2.73. The molecule has 0 spiro atoms. The molecule has 1 aromatic carbocycles. The molecule has 130 valence electrons. The minimum Gasteiger partial charge on any atom is -0.338 e. The summed E-state index contributed by atoms with van der Waals surface area (Å²) in [6, 6.07) is 7.37. The lowest BCUT2D eigenvalue weighted by Crippen LogP contribution is -2.34. The molecule has 1 atom stereocenters. The van der Waals surface area contributed by atoms with Crippen molar-refractivity contribution in [3.05, 3.63) is 46.7 Å².